The van der Waals surface area contributed by atoms with Gasteiger partial charge in [-0.3, -0.25) is 0 Å². The van der Waals surface area contributed by atoms with Crippen LogP contribution >= 0.6 is 34.2 Å². The normalized spacial score (nSPS) is 25.1. The fraction of sp³-hybridized carbons (Fsp3) is 0.538. The summed E-state index contributed by atoms with van der Waals surface area (Å²) in [6, 6.07) is 7.40. The first-order valence-electron chi connectivity index (χ1n) is 6.00. The van der Waals surface area contributed by atoms with Crippen molar-refractivity contribution in [3.8, 4) is 0 Å². The number of benzene rings is 1. The zero-order valence-corrected chi connectivity index (χ0v) is 13.1. The number of nitrogens with one attached hydrogen (secondary N) is 1. The second-order valence-corrected chi connectivity index (χ2v) is 6.25. The van der Waals surface area contributed by atoms with Gasteiger partial charge in [-0.1, -0.05) is 11.6 Å². The maximum atomic E-state index is 6.00. The molecular weight excluding hydrogens is 347 g/mol. The number of halogens is 2. The van der Waals surface area contributed by atoms with Crippen LogP contribution in [0.2, 0.25) is 5.02 Å². The first-order valence-corrected chi connectivity index (χ1v) is 7.46. The predicted molar refractivity (Wildman–Crippen MR) is 83.1 cm³/mol. The molecule has 4 heteroatoms. The molecule has 1 fully saturated rings. The van der Waals surface area contributed by atoms with Gasteiger partial charge >= 0.3 is 0 Å². The van der Waals surface area contributed by atoms with E-state index in [-0.39, 0.29) is 0 Å². The molecule has 2 unspecified atom stereocenters. The summed E-state index contributed by atoms with van der Waals surface area (Å²) in [4.78, 5) is 2.49. The van der Waals surface area contributed by atoms with Crippen LogP contribution in [0.5, 0.6) is 0 Å². The smallest absolute Gasteiger partial charge is 0.0505 e. The molecule has 2 atom stereocenters. The largest absolute Gasteiger partial charge is 0.368 e. The lowest BCUT2D eigenvalue weighted by Crippen LogP contribution is -2.46. The van der Waals surface area contributed by atoms with E-state index in [4.69, 9.17) is 11.6 Å². The van der Waals surface area contributed by atoms with E-state index >= 15 is 0 Å². The van der Waals surface area contributed by atoms with E-state index in [1.54, 1.807) is 0 Å². The predicted octanol–water partition coefficient (Wildman–Crippen LogP) is 3.52. The first kappa shape index (κ1) is 13.4. The van der Waals surface area contributed by atoms with Gasteiger partial charge in [0.2, 0.25) is 0 Å². The highest BCUT2D eigenvalue weighted by molar-refractivity contribution is 14.1. The highest BCUT2D eigenvalue weighted by atomic mass is 127. The average molecular weight is 365 g/mol. The van der Waals surface area contributed by atoms with Crippen LogP contribution in [0.3, 0.4) is 0 Å². The molecule has 1 aromatic carbocycles. The van der Waals surface area contributed by atoms with Crippen LogP contribution in [0.1, 0.15) is 19.8 Å². The molecule has 0 amide bonds. The Hall–Kier alpha value is -0.000000000000000111. The summed E-state index contributed by atoms with van der Waals surface area (Å²) in [7, 11) is 2.05. The van der Waals surface area contributed by atoms with Gasteiger partial charge in [0.25, 0.3) is 0 Å². The van der Waals surface area contributed by atoms with Crippen molar-refractivity contribution in [3.05, 3.63) is 26.8 Å². The number of hydrogen-bond acceptors (Lipinski definition) is 2. The van der Waals surface area contributed by atoms with Gasteiger partial charge < -0.3 is 10.2 Å². The molecule has 0 spiro atoms. The van der Waals surface area contributed by atoms with Crippen molar-refractivity contribution in [1.82, 2.24) is 5.32 Å². The molecule has 2 rings (SSSR count). The molecule has 0 radical (unpaired) electrons. The molecule has 0 aliphatic carbocycles. The lowest BCUT2D eigenvalue weighted by molar-refractivity contribution is 0.387. The minimum Gasteiger partial charge on any atom is -0.368 e. The van der Waals surface area contributed by atoms with Crippen molar-refractivity contribution in [2.45, 2.75) is 31.8 Å². The monoisotopic (exact) mass is 364 g/mol. The molecule has 2 nitrogen and oxygen atoms in total. The third-order valence-corrected chi connectivity index (χ3v) is 4.60. The summed E-state index contributed by atoms with van der Waals surface area (Å²) in [5.74, 6) is 0. The zero-order valence-electron chi connectivity index (χ0n) is 10.2. The quantitative estimate of drug-likeness (QED) is 0.808. The summed E-state index contributed by atoms with van der Waals surface area (Å²) in [6.07, 6.45) is 2.41. The Morgan fingerprint density at radius 3 is 2.82 bits per heavy atom. The molecule has 1 saturated heterocycles. The van der Waals surface area contributed by atoms with Gasteiger partial charge in [0, 0.05) is 27.2 Å². The fourth-order valence-electron chi connectivity index (χ4n) is 2.51. The maximum Gasteiger partial charge on any atom is 0.0505 e. The molecule has 0 bridgehead atoms. The second kappa shape index (κ2) is 5.76. The van der Waals surface area contributed by atoms with E-state index in [0.29, 0.717) is 12.1 Å². The Bertz CT molecular complexity index is 397. The van der Waals surface area contributed by atoms with Gasteiger partial charge in [-0.05, 0) is 67.6 Å². The van der Waals surface area contributed by atoms with E-state index in [2.05, 4.69) is 52.8 Å². The highest BCUT2D eigenvalue weighted by Gasteiger charge is 2.25. The van der Waals surface area contributed by atoms with Gasteiger partial charge in [-0.15, -0.1) is 0 Å². The summed E-state index contributed by atoms with van der Waals surface area (Å²) in [5.41, 5.74) is 1.32. The third kappa shape index (κ3) is 3.06. The molecule has 1 N–H and O–H groups in total. The molecule has 1 aliphatic heterocycles. The van der Waals surface area contributed by atoms with Crippen molar-refractivity contribution >= 4 is 39.9 Å². The number of anilines is 1. The molecule has 1 aromatic rings. The molecule has 94 valence electrons. The molecule has 1 aliphatic rings. The lowest BCUT2D eigenvalue weighted by atomic mass is 9.98. The van der Waals surface area contributed by atoms with E-state index in [1.165, 1.54) is 22.1 Å². The Morgan fingerprint density at radius 1 is 1.47 bits per heavy atom. The number of rotatable bonds is 2. The first-order chi connectivity index (χ1) is 8.11. The van der Waals surface area contributed by atoms with Crippen LogP contribution in [0.25, 0.3) is 0 Å². The average Bonchev–Trinajstić information content (AvgIpc) is 2.30. The van der Waals surface area contributed by atoms with Crippen LogP contribution in [0, 0.1) is 3.57 Å². The number of piperidine rings is 1. The van der Waals surface area contributed by atoms with Crippen molar-refractivity contribution < 1.29 is 0 Å². The van der Waals surface area contributed by atoms with Crippen LogP contribution < -0.4 is 10.2 Å². The van der Waals surface area contributed by atoms with Gasteiger partial charge in [0.1, 0.15) is 0 Å². The Balaban J connectivity index is 2.17. The Kier molecular flexibility index (Phi) is 4.55. The minimum absolute atomic E-state index is 0.580. The molecule has 0 aromatic heterocycles. The Morgan fingerprint density at radius 2 is 2.24 bits per heavy atom. The van der Waals surface area contributed by atoms with Gasteiger partial charge in [0.15, 0.2) is 0 Å². The second-order valence-electron chi connectivity index (χ2n) is 4.65. The van der Waals surface area contributed by atoms with E-state index in [0.717, 1.165) is 11.6 Å². The maximum absolute atomic E-state index is 6.00. The number of hydrogen-bond donors (Lipinski definition) is 1. The standard InChI is InChI=1S/C13H18ClIN2/c1-9-7-11(16-2)5-6-17(9)13-4-3-10(14)8-12(13)15/h3-4,8-9,11,16H,5-7H2,1-2H3. The minimum atomic E-state index is 0.580. The van der Waals surface area contributed by atoms with Gasteiger partial charge in [0.05, 0.1) is 5.69 Å². The van der Waals surface area contributed by atoms with Crippen LogP contribution in [0.4, 0.5) is 5.69 Å². The molecular formula is C13H18ClIN2. The van der Waals surface area contributed by atoms with Crippen molar-refractivity contribution in [3.63, 3.8) is 0 Å². The van der Waals surface area contributed by atoms with Crippen LogP contribution in [-0.2, 0) is 0 Å². The van der Waals surface area contributed by atoms with E-state index in [1.807, 2.05) is 12.1 Å². The Labute approximate surface area is 122 Å². The molecule has 1 heterocycles. The zero-order chi connectivity index (χ0) is 12.4. The van der Waals surface area contributed by atoms with Crippen LogP contribution in [0.15, 0.2) is 18.2 Å². The van der Waals surface area contributed by atoms with Crippen molar-refractivity contribution in [2.75, 3.05) is 18.5 Å². The summed E-state index contributed by atoms with van der Waals surface area (Å²) in [6.45, 7) is 3.42. The third-order valence-electron chi connectivity index (χ3n) is 3.50. The summed E-state index contributed by atoms with van der Waals surface area (Å²) >= 11 is 8.38. The van der Waals surface area contributed by atoms with Crippen LogP contribution in [-0.4, -0.2) is 25.7 Å². The lowest BCUT2D eigenvalue weighted by Gasteiger charge is -2.39. The molecule has 0 saturated carbocycles. The van der Waals surface area contributed by atoms with Crippen molar-refractivity contribution in [2.24, 2.45) is 0 Å². The van der Waals surface area contributed by atoms with Crippen molar-refractivity contribution in [1.29, 1.82) is 0 Å². The fourth-order valence-corrected chi connectivity index (χ4v) is 3.69. The SMILES string of the molecule is CNC1CCN(c2ccc(Cl)cc2I)C(C)C1. The summed E-state index contributed by atoms with van der Waals surface area (Å²) in [5, 5.41) is 4.20. The highest BCUT2D eigenvalue weighted by Crippen LogP contribution is 2.30. The number of nitrogens with zero attached hydrogens (tertiary/aromatic N) is 1. The summed E-state index contributed by atoms with van der Waals surface area (Å²) < 4.78 is 1.24. The van der Waals surface area contributed by atoms with E-state index < -0.39 is 0 Å². The topological polar surface area (TPSA) is 15.3 Å². The molecule has 17 heavy (non-hydrogen) atoms. The van der Waals surface area contributed by atoms with Gasteiger partial charge in [-0.2, -0.15) is 0 Å². The van der Waals surface area contributed by atoms with E-state index in [9.17, 15) is 0 Å². The van der Waals surface area contributed by atoms with Gasteiger partial charge in [-0.25, -0.2) is 0 Å².